The topological polar surface area (TPSA) is 59.3 Å². The van der Waals surface area contributed by atoms with Gasteiger partial charge in [0.1, 0.15) is 17.6 Å². The third-order valence-corrected chi connectivity index (χ3v) is 4.97. The summed E-state index contributed by atoms with van der Waals surface area (Å²) >= 11 is 0. The standard InChI is InChI=1S/C23H27NO3/c1-6-9-12-17(7-2)26-18-13-10-11-16(14-18)20(15-24)27-22(25)21-19(8-3)23(21,4)5/h7-14,19-21H,3,6H2,1-2,4-5H3/b12-9-,17-7+. The minimum atomic E-state index is -0.969. The summed E-state index contributed by atoms with van der Waals surface area (Å²) in [6, 6.07) is 9.15. The van der Waals surface area contributed by atoms with Crippen LogP contribution in [0.3, 0.4) is 0 Å². The van der Waals surface area contributed by atoms with Crippen LogP contribution in [0.25, 0.3) is 0 Å². The fourth-order valence-electron chi connectivity index (χ4n) is 3.23. The quantitative estimate of drug-likeness (QED) is 0.264. The second-order valence-electron chi connectivity index (χ2n) is 7.18. The third kappa shape index (κ3) is 4.68. The largest absolute Gasteiger partial charge is 0.458 e. The van der Waals surface area contributed by atoms with Gasteiger partial charge >= 0.3 is 5.97 Å². The average molecular weight is 365 g/mol. The van der Waals surface area contributed by atoms with Crippen LogP contribution in [0.1, 0.15) is 45.8 Å². The zero-order valence-electron chi connectivity index (χ0n) is 16.4. The molecule has 3 unspecified atom stereocenters. The number of hydrogen-bond donors (Lipinski definition) is 0. The molecule has 1 aliphatic carbocycles. The van der Waals surface area contributed by atoms with Crippen LogP contribution in [0.15, 0.2) is 60.9 Å². The number of hydrogen-bond acceptors (Lipinski definition) is 4. The van der Waals surface area contributed by atoms with Crippen LogP contribution in [0.4, 0.5) is 0 Å². The molecule has 0 heterocycles. The zero-order chi connectivity index (χ0) is 20.0. The zero-order valence-corrected chi connectivity index (χ0v) is 16.4. The summed E-state index contributed by atoms with van der Waals surface area (Å²) in [5, 5.41) is 9.51. The number of nitrogens with zero attached hydrogens (tertiary/aromatic N) is 1. The molecule has 1 saturated carbocycles. The first-order valence-corrected chi connectivity index (χ1v) is 9.22. The molecule has 0 radical (unpaired) electrons. The van der Waals surface area contributed by atoms with Gasteiger partial charge in [0, 0.05) is 5.56 Å². The van der Waals surface area contributed by atoms with Crippen LogP contribution < -0.4 is 4.74 Å². The lowest BCUT2D eigenvalue weighted by atomic mass is 10.1. The molecule has 0 spiro atoms. The molecule has 1 fully saturated rings. The van der Waals surface area contributed by atoms with Crippen molar-refractivity contribution in [1.82, 2.24) is 0 Å². The van der Waals surface area contributed by atoms with Gasteiger partial charge in [-0.15, -0.1) is 6.58 Å². The van der Waals surface area contributed by atoms with Gasteiger partial charge in [-0.1, -0.05) is 45.1 Å². The van der Waals surface area contributed by atoms with Crippen LogP contribution in [0.5, 0.6) is 5.75 Å². The second-order valence-corrected chi connectivity index (χ2v) is 7.18. The van der Waals surface area contributed by atoms with Crippen LogP contribution >= 0.6 is 0 Å². The molecule has 27 heavy (non-hydrogen) atoms. The highest BCUT2D eigenvalue weighted by molar-refractivity contribution is 5.78. The van der Waals surface area contributed by atoms with Crippen molar-refractivity contribution in [2.75, 3.05) is 0 Å². The highest BCUT2D eigenvalue weighted by Gasteiger charge is 2.61. The Morgan fingerprint density at radius 2 is 2.19 bits per heavy atom. The Morgan fingerprint density at radius 3 is 2.74 bits per heavy atom. The summed E-state index contributed by atoms with van der Waals surface area (Å²) < 4.78 is 11.3. The van der Waals surface area contributed by atoms with Gasteiger partial charge in [0.25, 0.3) is 0 Å². The highest BCUT2D eigenvalue weighted by atomic mass is 16.5. The van der Waals surface area contributed by atoms with E-state index in [0.29, 0.717) is 17.1 Å². The molecule has 1 aromatic rings. The summed E-state index contributed by atoms with van der Waals surface area (Å²) in [4.78, 5) is 12.5. The van der Waals surface area contributed by atoms with Gasteiger partial charge in [0.15, 0.2) is 0 Å². The molecule has 4 heteroatoms. The molecule has 0 amide bonds. The van der Waals surface area contributed by atoms with Crippen LogP contribution in [-0.4, -0.2) is 5.97 Å². The Kier molecular flexibility index (Phi) is 6.63. The van der Waals surface area contributed by atoms with Crippen molar-refractivity contribution in [2.45, 2.75) is 40.2 Å². The van der Waals surface area contributed by atoms with E-state index in [4.69, 9.17) is 9.47 Å². The molecular formula is C23H27NO3. The number of allylic oxidation sites excluding steroid dienone is 4. The summed E-state index contributed by atoms with van der Waals surface area (Å²) in [6.07, 6.45) is 7.50. The molecule has 2 rings (SSSR count). The van der Waals surface area contributed by atoms with Crippen molar-refractivity contribution in [1.29, 1.82) is 5.26 Å². The highest BCUT2D eigenvalue weighted by Crippen LogP contribution is 2.59. The molecule has 0 bridgehead atoms. The van der Waals surface area contributed by atoms with E-state index in [-0.39, 0.29) is 23.2 Å². The molecule has 3 atom stereocenters. The number of carbonyl (C=O) groups excluding carboxylic acids is 1. The number of benzene rings is 1. The molecule has 4 nitrogen and oxygen atoms in total. The summed E-state index contributed by atoms with van der Waals surface area (Å²) in [6.45, 7) is 11.7. The number of rotatable bonds is 8. The number of carbonyl (C=O) groups is 1. The Hall–Kier alpha value is -2.80. The Morgan fingerprint density at radius 1 is 1.44 bits per heavy atom. The van der Waals surface area contributed by atoms with E-state index in [2.05, 4.69) is 12.6 Å². The van der Waals surface area contributed by atoms with Gasteiger partial charge in [-0.3, -0.25) is 4.79 Å². The van der Waals surface area contributed by atoms with Gasteiger partial charge in [-0.2, -0.15) is 5.26 Å². The minimum absolute atomic E-state index is 0.0848. The molecule has 0 N–H and O–H groups in total. The lowest BCUT2D eigenvalue weighted by Crippen LogP contribution is -2.14. The van der Waals surface area contributed by atoms with E-state index in [9.17, 15) is 10.1 Å². The maximum Gasteiger partial charge on any atom is 0.311 e. The Labute approximate surface area is 161 Å². The molecule has 142 valence electrons. The van der Waals surface area contributed by atoms with Crippen molar-refractivity contribution in [3.63, 3.8) is 0 Å². The van der Waals surface area contributed by atoms with Crippen molar-refractivity contribution in [3.8, 4) is 11.8 Å². The minimum Gasteiger partial charge on any atom is -0.458 e. The van der Waals surface area contributed by atoms with Gasteiger partial charge in [0.2, 0.25) is 6.10 Å². The third-order valence-electron chi connectivity index (χ3n) is 4.97. The number of esters is 1. The summed E-state index contributed by atoms with van der Waals surface area (Å²) in [5.41, 5.74) is 0.419. The molecule has 1 aliphatic rings. The normalized spacial score (nSPS) is 22.0. The van der Waals surface area contributed by atoms with Crippen molar-refractivity contribution < 1.29 is 14.3 Å². The SMILES string of the molecule is C=CC1C(C(=O)OC(C#N)c2cccc(OC(/C=C\CC)=C/C)c2)C1(C)C. The molecular weight excluding hydrogens is 338 g/mol. The van der Waals surface area contributed by atoms with Gasteiger partial charge < -0.3 is 9.47 Å². The maximum atomic E-state index is 12.5. The second kappa shape index (κ2) is 8.73. The molecule has 1 aromatic carbocycles. The summed E-state index contributed by atoms with van der Waals surface area (Å²) in [7, 11) is 0. The van der Waals surface area contributed by atoms with Crippen LogP contribution in [0.2, 0.25) is 0 Å². The predicted molar refractivity (Wildman–Crippen MR) is 106 cm³/mol. The first-order valence-electron chi connectivity index (χ1n) is 9.22. The molecule has 0 aromatic heterocycles. The fourth-order valence-corrected chi connectivity index (χ4v) is 3.23. The first-order chi connectivity index (χ1) is 12.9. The average Bonchev–Trinajstić information content (AvgIpc) is 3.24. The molecule has 0 aliphatic heterocycles. The fraction of sp³-hybridized carbons (Fsp3) is 0.391. The van der Waals surface area contributed by atoms with Gasteiger partial charge in [0.05, 0.1) is 5.92 Å². The van der Waals surface area contributed by atoms with E-state index in [1.807, 2.05) is 45.9 Å². The monoisotopic (exact) mass is 365 g/mol. The lowest BCUT2D eigenvalue weighted by molar-refractivity contribution is -0.149. The number of ether oxygens (including phenoxy) is 2. The predicted octanol–water partition coefficient (Wildman–Crippen LogP) is 5.50. The summed E-state index contributed by atoms with van der Waals surface area (Å²) in [5.74, 6) is 0.782. The van der Waals surface area contributed by atoms with Crippen LogP contribution in [-0.2, 0) is 9.53 Å². The van der Waals surface area contributed by atoms with Gasteiger partial charge in [-0.25, -0.2) is 0 Å². The Balaban J connectivity index is 2.12. The van der Waals surface area contributed by atoms with Crippen LogP contribution in [0, 0.1) is 28.6 Å². The smallest absolute Gasteiger partial charge is 0.311 e. The first kappa shape index (κ1) is 20.5. The lowest BCUT2D eigenvalue weighted by Gasteiger charge is -2.14. The van der Waals surface area contributed by atoms with E-state index in [0.717, 1.165) is 6.42 Å². The number of nitriles is 1. The molecule has 0 saturated heterocycles. The van der Waals surface area contributed by atoms with Crippen molar-refractivity contribution in [2.24, 2.45) is 17.3 Å². The van der Waals surface area contributed by atoms with E-state index in [1.54, 1.807) is 30.3 Å². The van der Waals surface area contributed by atoms with E-state index >= 15 is 0 Å². The van der Waals surface area contributed by atoms with Crippen molar-refractivity contribution >= 4 is 5.97 Å². The maximum absolute atomic E-state index is 12.5. The van der Waals surface area contributed by atoms with Crippen molar-refractivity contribution in [3.05, 3.63) is 66.5 Å². The van der Waals surface area contributed by atoms with Gasteiger partial charge in [-0.05, 0) is 49.0 Å². The Bertz CT molecular complexity index is 798. The van der Waals surface area contributed by atoms with E-state index < -0.39 is 6.10 Å². The van der Waals surface area contributed by atoms with E-state index in [1.165, 1.54) is 0 Å².